The number of aromatic nitrogens is 2. The van der Waals surface area contributed by atoms with Gasteiger partial charge in [0.2, 0.25) is 0 Å². The van der Waals surface area contributed by atoms with E-state index in [2.05, 4.69) is 15.3 Å². The molecule has 0 bridgehead atoms. The van der Waals surface area contributed by atoms with E-state index < -0.39 is 5.97 Å². The third-order valence-corrected chi connectivity index (χ3v) is 2.25. The standard InChI is InChI=1S/C11H8ClN3O2/c12-7-1-3-8(4-2-7)15-10-5-9(11(16)17)13-6-14-10/h1-6H,(H,16,17)(H,13,14,15). The van der Waals surface area contributed by atoms with Crippen LogP contribution in [-0.4, -0.2) is 21.0 Å². The Morgan fingerprint density at radius 1 is 1.24 bits per heavy atom. The summed E-state index contributed by atoms with van der Waals surface area (Å²) in [6.45, 7) is 0. The number of anilines is 2. The van der Waals surface area contributed by atoms with Crippen LogP contribution in [0, 0.1) is 0 Å². The van der Waals surface area contributed by atoms with Gasteiger partial charge in [-0.05, 0) is 24.3 Å². The van der Waals surface area contributed by atoms with Gasteiger partial charge in [0, 0.05) is 16.8 Å². The van der Waals surface area contributed by atoms with Gasteiger partial charge in [0.1, 0.15) is 12.1 Å². The molecule has 1 aromatic carbocycles. The lowest BCUT2D eigenvalue weighted by atomic mass is 10.3. The SMILES string of the molecule is O=C(O)c1cc(Nc2ccc(Cl)cc2)ncn1. The first-order valence-corrected chi connectivity index (χ1v) is 5.11. The smallest absolute Gasteiger partial charge is 0.354 e. The van der Waals surface area contributed by atoms with E-state index in [1.807, 2.05) is 0 Å². The van der Waals surface area contributed by atoms with E-state index in [0.717, 1.165) is 5.69 Å². The van der Waals surface area contributed by atoms with Crippen molar-refractivity contribution in [1.82, 2.24) is 9.97 Å². The molecule has 0 aliphatic rings. The van der Waals surface area contributed by atoms with Crippen molar-refractivity contribution in [2.45, 2.75) is 0 Å². The van der Waals surface area contributed by atoms with Crippen molar-refractivity contribution in [3.63, 3.8) is 0 Å². The van der Waals surface area contributed by atoms with Crippen LogP contribution in [0.25, 0.3) is 0 Å². The molecule has 0 radical (unpaired) electrons. The first-order chi connectivity index (χ1) is 8.15. The summed E-state index contributed by atoms with van der Waals surface area (Å²) in [4.78, 5) is 18.3. The Morgan fingerprint density at radius 3 is 2.59 bits per heavy atom. The van der Waals surface area contributed by atoms with Gasteiger partial charge in [-0.15, -0.1) is 0 Å². The minimum absolute atomic E-state index is 0.0588. The highest BCUT2D eigenvalue weighted by Crippen LogP contribution is 2.17. The molecule has 0 unspecified atom stereocenters. The summed E-state index contributed by atoms with van der Waals surface area (Å²) < 4.78 is 0. The summed E-state index contributed by atoms with van der Waals surface area (Å²) in [7, 11) is 0. The average molecular weight is 250 g/mol. The molecule has 2 N–H and O–H groups in total. The van der Waals surface area contributed by atoms with Gasteiger partial charge in [0.25, 0.3) is 0 Å². The summed E-state index contributed by atoms with van der Waals surface area (Å²) >= 11 is 5.75. The predicted molar refractivity (Wildman–Crippen MR) is 63.7 cm³/mol. The lowest BCUT2D eigenvalue weighted by Crippen LogP contribution is -2.02. The maximum atomic E-state index is 10.7. The Kier molecular flexibility index (Phi) is 3.20. The molecule has 2 aromatic rings. The van der Waals surface area contributed by atoms with E-state index in [0.29, 0.717) is 10.8 Å². The van der Waals surface area contributed by atoms with E-state index in [1.54, 1.807) is 24.3 Å². The molecule has 6 heteroatoms. The molecule has 0 aliphatic heterocycles. The van der Waals surface area contributed by atoms with Crippen molar-refractivity contribution in [1.29, 1.82) is 0 Å². The summed E-state index contributed by atoms with van der Waals surface area (Å²) in [5.74, 6) is -0.675. The summed E-state index contributed by atoms with van der Waals surface area (Å²) in [5, 5.41) is 12.4. The van der Waals surface area contributed by atoms with Crippen LogP contribution in [0.3, 0.4) is 0 Å². The molecule has 5 nitrogen and oxygen atoms in total. The zero-order chi connectivity index (χ0) is 12.3. The van der Waals surface area contributed by atoms with Crippen LogP contribution in [0.5, 0.6) is 0 Å². The normalized spacial score (nSPS) is 9.94. The molecule has 17 heavy (non-hydrogen) atoms. The molecule has 0 aliphatic carbocycles. The third-order valence-electron chi connectivity index (χ3n) is 2.00. The van der Waals surface area contributed by atoms with Crippen molar-refractivity contribution in [2.24, 2.45) is 0 Å². The number of hydrogen-bond donors (Lipinski definition) is 2. The van der Waals surface area contributed by atoms with Gasteiger partial charge in [-0.1, -0.05) is 11.6 Å². The minimum Gasteiger partial charge on any atom is -0.477 e. The molecule has 86 valence electrons. The first-order valence-electron chi connectivity index (χ1n) is 4.73. The molecular formula is C11H8ClN3O2. The van der Waals surface area contributed by atoms with Crippen LogP contribution in [0.1, 0.15) is 10.5 Å². The Balaban J connectivity index is 2.21. The Morgan fingerprint density at radius 2 is 1.94 bits per heavy atom. The average Bonchev–Trinajstić information content (AvgIpc) is 2.32. The van der Waals surface area contributed by atoms with Gasteiger partial charge in [0.05, 0.1) is 0 Å². The van der Waals surface area contributed by atoms with Gasteiger partial charge < -0.3 is 10.4 Å². The number of carboxylic acids is 1. The number of nitrogens with zero attached hydrogens (tertiary/aromatic N) is 2. The van der Waals surface area contributed by atoms with Crippen LogP contribution in [0.4, 0.5) is 11.5 Å². The zero-order valence-electron chi connectivity index (χ0n) is 8.59. The molecule has 0 saturated heterocycles. The fraction of sp³-hybridized carbons (Fsp3) is 0. The summed E-state index contributed by atoms with van der Waals surface area (Å²) in [5.41, 5.74) is 0.709. The van der Waals surface area contributed by atoms with Crippen molar-refractivity contribution in [3.05, 3.63) is 47.4 Å². The van der Waals surface area contributed by atoms with Crippen LogP contribution >= 0.6 is 11.6 Å². The topological polar surface area (TPSA) is 75.1 Å². The molecule has 0 fully saturated rings. The molecule has 2 rings (SSSR count). The maximum absolute atomic E-state index is 10.7. The Bertz CT molecular complexity index is 543. The number of hydrogen-bond acceptors (Lipinski definition) is 4. The highest BCUT2D eigenvalue weighted by atomic mass is 35.5. The molecule has 0 spiro atoms. The highest BCUT2D eigenvalue weighted by molar-refractivity contribution is 6.30. The van der Waals surface area contributed by atoms with Crippen LogP contribution in [0.15, 0.2) is 36.7 Å². The van der Waals surface area contributed by atoms with Crippen molar-refractivity contribution in [3.8, 4) is 0 Å². The van der Waals surface area contributed by atoms with E-state index in [1.165, 1.54) is 12.4 Å². The Hall–Kier alpha value is -2.14. The number of carbonyl (C=O) groups is 1. The first kappa shape index (κ1) is 11.3. The van der Waals surface area contributed by atoms with Gasteiger partial charge >= 0.3 is 5.97 Å². The molecular weight excluding hydrogens is 242 g/mol. The monoisotopic (exact) mass is 249 g/mol. The summed E-state index contributed by atoms with van der Waals surface area (Å²) in [6.07, 6.45) is 1.20. The van der Waals surface area contributed by atoms with Gasteiger partial charge in [-0.25, -0.2) is 14.8 Å². The van der Waals surface area contributed by atoms with Crippen molar-refractivity contribution >= 4 is 29.1 Å². The molecule has 1 heterocycles. The quantitative estimate of drug-likeness (QED) is 0.874. The van der Waals surface area contributed by atoms with E-state index in [-0.39, 0.29) is 5.69 Å². The number of carboxylic acid groups (broad SMARTS) is 1. The molecule has 1 aromatic heterocycles. The van der Waals surface area contributed by atoms with Crippen LogP contribution < -0.4 is 5.32 Å². The fourth-order valence-electron chi connectivity index (χ4n) is 1.22. The lowest BCUT2D eigenvalue weighted by molar-refractivity contribution is 0.0690. The number of nitrogens with one attached hydrogen (secondary N) is 1. The van der Waals surface area contributed by atoms with Crippen LogP contribution in [-0.2, 0) is 0 Å². The Labute approximate surface area is 102 Å². The van der Waals surface area contributed by atoms with Gasteiger partial charge in [0.15, 0.2) is 5.69 Å². The molecule has 0 atom stereocenters. The van der Waals surface area contributed by atoms with Crippen molar-refractivity contribution in [2.75, 3.05) is 5.32 Å². The fourth-order valence-corrected chi connectivity index (χ4v) is 1.35. The van der Waals surface area contributed by atoms with E-state index in [4.69, 9.17) is 16.7 Å². The minimum atomic E-state index is -1.09. The van der Waals surface area contributed by atoms with Gasteiger partial charge in [-0.3, -0.25) is 0 Å². The predicted octanol–water partition coefficient (Wildman–Crippen LogP) is 2.57. The van der Waals surface area contributed by atoms with E-state index >= 15 is 0 Å². The number of aromatic carboxylic acids is 1. The maximum Gasteiger partial charge on any atom is 0.354 e. The second-order valence-electron chi connectivity index (χ2n) is 3.23. The number of benzene rings is 1. The second-order valence-corrected chi connectivity index (χ2v) is 3.66. The largest absolute Gasteiger partial charge is 0.477 e. The summed E-state index contributed by atoms with van der Waals surface area (Å²) in [6, 6.07) is 8.35. The number of rotatable bonds is 3. The van der Waals surface area contributed by atoms with Crippen molar-refractivity contribution < 1.29 is 9.90 Å². The molecule has 0 saturated carbocycles. The highest BCUT2D eigenvalue weighted by Gasteiger charge is 2.05. The second kappa shape index (κ2) is 4.80. The lowest BCUT2D eigenvalue weighted by Gasteiger charge is -2.05. The molecule has 0 amide bonds. The van der Waals surface area contributed by atoms with E-state index in [9.17, 15) is 4.79 Å². The number of halogens is 1. The third kappa shape index (κ3) is 2.92. The zero-order valence-corrected chi connectivity index (χ0v) is 9.35. The van der Waals surface area contributed by atoms with Gasteiger partial charge in [-0.2, -0.15) is 0 Å². The van der Waals surface area contributed by atoms with Crippen LogP contribution in [0.2, 0.25) is 5.02 Å².